The number of nitrogens with zero attached hydrogens (tertiary/aromatic N) is 1. The number of benzene rings is 1. The number of aryl methyl sites for hydroxylation is 1. The number of rotatable bonds is 9. The van der Waals surface area contributed by atoms with E-state index in [-0.39, 0.29) is 54.0 Å². The molecule has 0 unspecified atom stereocenters. The minimum absolute atomic E-state index is 0. The van der Waals surface area contributed by atoms with Crippen molar-refractivity contribution in [1.82, 2.24) is 4.98 Å². The molecule has 0 N–H and O–H groups in total. The highest BCUT2D eigenvalue weighted by atomic mass is 32.1. The predicted molar refractivity (Wildman–Crippen MR) is 134 cm³/mol. The maximum atomic E-state index is 5.84. The lowest BCUT2D eigenvalue weighted by molar-refractivity contribution is 0.263. The lowest BCUT2D eigenvalue weighted by atomic mass is 10.2. The van der Waals surface area contributed by atoms with Crippen LogP contribution in [0.3, 0.4) is 0 Å². The molecule has 0 amide bonds. The first-order valence-electron chi connectivity index (χ1n) is 7.74. The van der Waals surface area contributed by atoms with E-state index < -0.39 is 0 Å². The number of aromatic nitrogens is 1. The van der Waals surface area contributed by atoms with Gasteiger partial charge in [-0.3, -0.25) is 0 Å². The fourth-order valence-corrected chi connectivity index (χ4v) is 3.43. The Hall–Kier alpha value is 0.127. The Morgan fingerprint density at radius 1 is 0.923 bits per heavy atom. The molecule has 0 aliphatic rings. The van der Waals surface area contributed by atoms with Crippen molar-refractivity contribution in [3.05, 3.63) is 11.1 Å². The fourth-order valence-electron chi connectivity index (χ4n) is 2.21. The molecule has 0 saturated heterocycles. The van der Waals surface area contributed by atoms with Crippen LogP contribution in [0.5, 0.6) is 17.2 Å². The lowest BCUT2D eigenvalue weighted by Crippen LogP contribution is -2.03. The standard InChI is InChI=1S/C16H22NO3SSi.4H2S/c1-4-18-11-10-12-14(17-13(21-12)8-7-9-22)16(20-6-3)15(11)19-5-2;;;;/h10H,4-9H2,1-3H3;4*1H2. The molecular weight excluding hydrogens is 443 g/mol. The van der Waals surface area contributed by atoms with Gasteiger partial charge in [0.25, 0.3) is 0 Å². The molecule has 1 aromatic carbocycles. The van der Waals surface area contributed by atoms with E-state index in [1.54, 1.807) is 11.3 Å². The summed E-state index contributed by atoms with van der Waals surface area (Å²) in [5.41, 5.74) is 0.878. The van der Waals surface area contributed by atoms with E-state index in [9.17, 15) is 0 Å². The first-order valence-corrected chi connectivity index (χ1v) is 9.26. The Labute approximate surface area is 192 Å². The smallest absolute Gasteiger partial charge is 0.205 e. The molecule has 1 aromatic heterocycles. The van der Waals surface area contributed by atoms with E-state index in [1.807, 2.05) is 26.8 Å². The molecule has 0 spiro atoms. The second-order valence-electron chi connectivity index (χ2n) is 4.64. The predicted octanol–water partition coefficient (Wildman–Crippen LogP) is 4.46. The Morgan fingerprint density at radius 2 is 1.50 bits per heavy atom. The lowest BCUT2D eigenvalue weighted by Gasteiger charge is -2.15. The third-order valence-electron chi connectivity index (χ3n) is 3.05. The third kappa shape index (κ3) is 7.63. The summed E-state index contributed by atoms with van der Waals surface area (Å²) in [6, 6.07) is 2.99. The van der Waals surface area contributed by atoms with E-state index in [2.05, 4.69) is 10.2 Å². The Bertz CT molecular complexity index is 627. The number of thiazole rings is 1. The van der Waals surface area contributed by atoms with Crippen LogP contribution in [0.2, 0.25) is 6.04 Å². The minimum Gasteiger partial charge on any atom is -0.490 e. The average Bonchev–Trinajstić information content (AvgIpc) is 2.91. The number of fused-ring (bicyclic) bond motifs is 1. The monoisotopic (exact) mass is 472 g/mol. The molecule has 0 aliphatic heterocycles. The highest BCUT2D eigenvalue weighted by Crippen LogP contribution is 2.45. The molecule has 2 aromatic rings. The Morgan fingerprint density at radius 3 is 2.04 bits per heavy atom. The molecule has 151 valence electrons. The molecule has 0 saturated carbocycles. The Balaban J connectivity index is -0.00000132. The highest BCUT2D eigenvalue weighted by Gasteiger charge is 2.20. The van der Waals surface area contributed by atoms with Crippen molar-refractivity contribution in [2.75, 3.05) is 19.8 Å². The molecule has 10 heteroatoms. The second-order valence-corrected chi connectivity index (χ2v) is 6.26. The van der Waals surface area contributed by atoms with Crippen molar-refractivity contribution < 1.29 is 14.2 Å². The van der Waals surface area contributed by atoms with Gasteiger partial charge in [-0.25, -0.2) is 4.98 Å². The van der Waals surface area contributed by atoms with Crippen LogP contribution in [-0.2, 0) is 6.42 Å². The number of hydrogen-bond acceptors (Lipinski definition) is 5. The molecule has 3 radical (unpaired) electrons. The number of ether oxygens (including phenoxy) is 3. The van der Waals surface area contributed by atoms with Crippen LogP contribution in [0.25, 0.3) is 10.2 Å². The largest absolute Gasteiger partial charge is 0.490 e. The Kier molecular flexibility index (Phi) is 19.1. The van der Waals surface area contributed by atoms with Crippen molar-refractivity contribution in [2.24, 2.45) is 0 Å². The van der Waals surface area contributed by atoms with E-state index in [0.717, 1.165) is 39.9 Å². The molecule has 0 aliphatic carbocycles. The number of hydrogen-bond donors (Lipinski definition) is 0. The van der Waals surface area contributed by atoms with Gasteiger partial charge < -0.3 is 14.2 Å². The summed E-state index contributed by atoms with van der Waals surface area (Å²) < 4.78 is 18.4. The third-order valence-corrected chi connectivity index (χ3v) is 4.47. The van der Waals surface area contributed by atoms with E-state index >= 15 is 0 Å². The van der Waals surface area contributed by atoms with Gasteiger partial charge in [0.15, 0.2) is 11.5 Å². The van der Waals surface area contributed by atoms with Crippen LogP contribution in [0.1, 0.15) is 32.2 Å². The van der Waals surface area contributed by atoms with Gasteiger partial charge in [-0.05, 0) is 33.6 Å². The topological polar surface area (TPSA) is 40.6 Å². The summed E-state index contributed by atoms with van der Waals surface area (Å²) in [6.45, 7) is 7.61. The quantitative estimate of drug-likeness (QED) is 0.505. The summed E-state index contributed by atoms with van der Waals surface area (Å²) in [5.74, 6) is 2.09. The molecule has 0 bridgehead atoms. The van der Waals surface area contributed by atoms with Crippen LogP contribution in [-0.4, -0.2) is 35.0 Å². The average molecular weight is 473 g/mol. The van der Waals surface area contributed by atoms with Crippen LogP contribution in [0.4, 0.5) is 0 Å². The maximum absolute atomic E-state index is 5.84. The zero-order valence-corrected chi connectivity index (χ0v) is 21.2. The molecule has 4 nitrogen and oxygen atoms in total. The van der Waals surface area contributed by atoms with Crippen molar-refractivity contribution in [3.63, 3.8) is 0 Å². The van der Waals surface area contributed by atoms with Gasteiger partial charge in [-0.2, -0.15) is 54.0 Å². The van der Waals surface area contributed by atoms with Gasteiger partial charge in [0.05, 0.1) is 29.5 Å². The molecule has 0 atom stereocenters. The normalized spacial score (nSPS) is 9.23. The fraction of sp³-hybridized carbons (Fsp3) is 0.562. The van der Waals surface area contributed by atoms with E-state index in [1.165, 1.54) is 0 Å². The van der Waals surface area contributed by atoms with Crippen LogP contribution in [0, 0.1) is 0 Å². The summed E-state index contributed by atoms with van der Waals surface area (Å²) in [5, 5.41) is 1.12. The molecule has 26 heavy (non-hydrogen) atoms. The molecule has 0 fully saturated rings. The minimum atomic E-state index is 0. The second kappa shape index (κ2) is 16.1. The van der Waals surface area contributed by atoms with Crippen LogP contribution >= 0.6 is 65.3 Å². The zero-order chi connectivity index (χ0) is 15.9. The van der Waals surface area contributed by atoms with Crippen molar-refractivity contribution >= 4 is 85.8 Å². The van der Waals surface area contributed by atoms with Gasteiger partial charge in [-0.15, -0.1) is 11.3 Å². The van der Waals surface area contributed by atoms with Gasteiger partial charge in [0, 0.05) is 16.3 Å². The molecular formula is C16H30NO3S5Si. The van der Waals surface area contributed by atoms with Crippen LogP contribution < -0.4 is 14.2 Å². The SMILES string of the molecule is CCOc1cc2sc(CCC[Si])nc2c(OCC)c1OCC.S.S.S.S. The summed E-state index contributed by atoms with van der Waals surface area (Å²) in [4.78, 5) is 4.75. The van der Waals surface area contributed by atoms with Gasteiger partial charge in [0.1, 0.15) is 5.52 Å². The maximum Gasteiger partial charge on any atom is 0.205 e. The highest BCUT2D eigenvalue weighted by molar-refractivity contribution is 7.59. The summed E-state index contributed by atoms with van der Waals surface area (Å²) >= 11 is 1.70. The molecule has 2 rings (SSSR count). The first-order chi connectivity index (χ1) is 10.7. The van der Waals surface area contributed by atoms with Gasteiger partial charge in [0.2, 0.25) is 5.75 Å². The summed E-state index contributed by atoms with van der Waals surface area (Å²) in [7, 11) is 3.51. The van der Waals surface area contributed by atoms with Gasteiger partial charge in [-0.1, -0.05) is 6.04 Å². The van der Waals surface area contributed by atoms with Crippen molar-refractivity contribution in [3.8, 4) is 17.2 Å². The van der Waals surface area contributed by atoms with Crippen molar-refractivity contribution in [2.45, 2.75) is 39.7 Å². The summed E-state index contributed by atoms with van der Waals surface area (Å²) in [6.07, 6.45) is 2.03. The van der Waals surface area contributed by atoms with E-state index in [0.29, 0.717) is 31.3 Å². The van der Waals surface area contributed by atoms with Gasteiger partial charge >= 0.3 is 0 Å². The van der Waals surface area contributed by atoms with Crippen LogP contribution in [0.15, 0.2) is 6.07 Å². The molecule has 1 heterocycles. The van der Waals surface area contributed by atoms with Crippen molar-refractivity contribution in [1.29, 1.82) is 0 Å². The first kappa shape index (κ1) is 30.8. The van der Waals surface area contributed by atoms with E-state index in [4.69, 9.17) is 19.2 Å². The zero-order valence-electron chi connectivity index (χ0n) is 15.4.